The van der Waals surface area contributed by atoms with Crippen LogP contribution >= 0.6 is 0 Å². The molecule has 1 unspecified atom stereocenters. The third-order valence-electron chi connectivity index (χ3n) is 5.09. The first-order valence-electron chi connectivity index (χ1n) is 10.3. The summed E-state index contributed by atoms with van der Waals surface area (Å²) in [6, 6.07) is 4.79. The van der Waals surface area contributed by atoms with Crippen LogP contribution in [0.3, 0.4) is 0 Å². The van der Waals surface area contributed by atoms with Gasteiger partial charge in [0.15, 0.2) is 12.3 Å². The molecule has 1 saturated carbocycles. The SMILES string of the molecule is CCOC(=O)[C@H]1OC(c2ccc(OC)cc2OC)N(C(=O)OC(C)(C)C)[C@H]1C1CC1. The third-order valence-corrected chi connectivity index (χ3v) is 5.09. The summed E-state index contributed by atoms with van der Waals surface area (Å²) in [5.74, 6) is 0.782. The van der Waals surface area contributed by atoms with Crippen molar-refractivity contribution in [2.24, 2.45) is 5.92 Å². The van der Waals surface area contributed by atoms with Crippen molar-refractivity contribution in [2.75, 3.05) is 20.8 Å². The van der Waals surface area contributed by atoms with E-state index in [9.17, 15) is 9.59 Å². The zero-order chi connectivity index (χ0) is 22.1. The van der Waals surface area contributed by atoms with Gasteiger partial charge < -0.3 is 23.7 Å². The van der Waals surface area contributed by atoms with Gasteiger partial charge in [-0.15, -0.1) is 0 Å². The Labute approximate surface area is 177 Å². The molecule has 1 aromatic rings. The molecule has 1 aliphatic heterocycles. The summed E-state index contributed by atoms with van der Waals surface area (Å²) in [4.78, 5) is 27.5. The summed E-state index contributed by atoms with van der Waals surface area (Å²) in [7, 11) is 3.10. The number of hydrogen-bond acceptors (Lipinski definition) is 7. The predicted octanol–water partition coefficient (Wildman–Crippen LogP) is 3.68. The minimum absolute atomic E-state index is 0.154. The number of rotatable bonds is 6. The fraction of sp³-hybridized carbons (Fsp3) is 0.636. The van der Waals surface area contributed by atoms with Gasteiger partial charge in [-0.1, -0.05) is 0 Å². The maximum Gasteiger partial charge on any atom is 0.413 e. The van der Waals surface area contributed by atoms with Crippen LogP contribution in [-0.4, -0.2) is 55.5 Å². The summed E-state index contributed by atoms with van der Waals surface area (Å²) < 4.78 is 27.9. The summed E-state index contributed by atoms with van der Waals surface area (Å²) in [5.41, 5.74) is -0.0801. The van der Waals surface area contributed by atoms with E-state index in [2.05, 4.69) is 0 Å². The van der Waals surface area contributed by atoms with Crippen LogP contribution in [0.25, 0.3) is 0 Å². The van der Waals surface area contributed by atoms with E-state index in [0.717, 1.165) is 12.8 Å². The minimum Gasteiger partial charge on any atom is -0.497 e. The van der Waals surface area contributed by atoms with Gasteiger partial charge >= 0.3 is 12.1 Å². The molecular formula is C22H31NO7. The van der Waals surface area contributed by atoms with E-state index < -0.39 is 36.0 Å². The Bertz CT molecular complexity index is 784. The number of benzene rings is 1. The van der Waals surface area contributed by atoms with Gasteiger partial charge in [-0.05, 0) is 58.6 Å². The molecule has 1 saturated heterocycles. The quantitative estimate of drug-likeness (QED) is 0.648. The molecule has 3 rings (SSSR count). The van der Waals surface area contributed by atoms with Crippen LogP contribution in [0.2, 0.25) is 0 Å². The third kappa shape index (κ3) is 4.64. The number of amides is 1. The molecule has 0 N–H and O–H groups in total. The van der Waals surface area contributed by atoms with Crippen molar-refractivity contribution < 1.29 is 33.3 Å². The zero-order valence-corrected chi connectivity index (χ0v) is 18.5. The molecule has 0 spiro atoms. The number of carbonyl (C=O) groups is 2. The standard InChI is InChI=1S/C22H31NO7/c1-7-28-20(24)18-17(13-8-9-13)23(21(25)30-22(2,3)4)19(29-18)15-11-10-14(26-5)12-16(15)27-6/h10-13,17-19H,7-9H2,1-6H3/t17-,18-,19?/m0/s1. The fourth-order valence-corrected chi connectivity index (χ4v) is 3.70. The average Bonchev–Trinajstić information content (AvgIpc) is 3.45. The average molecular weight is 421 g/mol. The molecule has 3 atom stereocenters. The predicted molar refractivity (Wildman–Crippen MR) is 108 cm³/mol. The van der Waals surface area contributed by atoms with Crippen molar-refractivity contribution >= 4 is 12.1 Å². The highest BCUT2D eigenvalue weighted by molar-refractivity contribution is 5.79. The molecule has 8 heteroatoms. The van der Waals surface area contributed by atoms with Crippen molar-refractivity contribution in [1.29, 1.82) is 0 Å². The van der Waals surface area contributed by atoms with E-state index in [1.165, 1.54) is 12.0 Å². The first-order chi connectivity index (χ1) is 14.2. The molecule has 1 aromatic carbocycles. The van der Waals surface area contributed by atoms with Crippen LogP contribution < -0.4 is 9.47 Å². The molecule has 1 aliphatic carbocycles. The monoisotopic (exact) mass is 421 g/mol. The van der Waals surface area contributed by atoms with Crippen LogP contribution in [0.5, 0.6) is 11.5 Å². The van der Waals surface area contributed by atoms with Gasteiger partial charge in [0.1, 0.15) is 17.1 Å². The summed E-state index contributed by atoms with van der Waals surface area (Å²) in [6.45, 7) is 7.40. The summed E-state index contributed by atoms with van der Waals surface area (Å²) in [5, 5.41) is 0. The molecule has 2 fully saturated rings. The molecule has 0 aromatic heterocycles. The number of ether oxygens (including phenoxy) is 5. The Morgan fingerprint density at radius 1 is 1.17 bits per heavy atom. The topological polar surface area (TPSA) is 83.5 Å². The van der Waals surface area contributed by atoms with Gasteiger partial charge in [-0.3, -0.25) is 4.90 Å². The lowest BCUT2D eigenvalue weighted by atomic mass is 10.0. The molecule has 8 nitrogen and oxygen atoms in total. The lowest BCUT2D eigenvalue weighted by molar-refractivity contribution is -0.156. The Morgan fingerprint density at radius 3 is 2.40 bits per heavy atom. The highest BCUT2D eigenvalue weighted by Crippen LogP contribution is 2.48. The Kier molecular flexibility index (Phi) is 6.45. The highest BCUT2D eigenvalue weighted by Gasteiger charge is 2.56. The maximum absolute atomic E-state index is 13.2. The van der Waals surface area contributed by atoms with Crippen LogP contribution in [0.4, 0.5) is 4.79 Å². The number of carbonyl (C=O) groups excluding carboxylic acids is 2. The Hall–Kier alpha value is -2.48. The second kappa shape index (κ2) is 8.71. The summed E-state index contributed by atoms with van der Waals surface area (Å²) in [6.07, 6.45) is -0.442. The van der Waals surface area contributed by atoms with Crippen molar-refractivity contribution in [1.82, 2.24) is 4.90 Å². The van der Waals surface area contributed by atoms with E-state index in [4.69, 9.17) is 23.7 Å². The zero-order valence-electron chi connectivity index (χ0n) is 18.5. The first kappa shape index (κ1) is 22.2. The summed E-state index contributed by atoms with van der Waals surface area (Å²) >= 11 is 0. The number of nitrogens with zero attached hydrogens (tertiary/aromatic N) is 1. The van der Waals surface area contributed by atoms with E-state index in [1.807, 2.05) is 0 Å². The van der Waals surface area contributed by atoms with E-state index in [-0.39, 0.29) is 12.5 Å². The molecule has 2 aliphatic rings. The molecule has 166 valence electrons. The van der Waals surface area contributed by atoms with E-state index in [0.29, 0.717) is 17.1 Å². The number of esters is 1. The molecule has 0 radical (unpaired) electrons. The maximum atomic E-state index is 13.2. The van der Waals surface area contributed by atoms with E-state index in [1.54, 1.807) is 53.0 Å². The van der Waals surface area contributed by atoms with Crippen molar-refractivity contribution in [3.63, 3.8) is 0 Å². The molecular weight excluding hydrogens is 390 g/mol. The van der Waals surface area contributed by atoms with Gasteiger partial charge in [-0.2, -0.15) is 0 Å². The van der Waals surface area contributed by atoms with Crippen LogP contribution in [0.15, 0.2) is 18.2 Å². The van der Waals surface area contributed by atoms with Crippen LogP contribution in [0, 0.1) is 5.92 Å². The smallest absolute Gasteiger partial charge is 0.413 e. The Morgan fingerprint density at radius 2 is 1.87 bits per heavy atom. The lowest BCUT2D eigenvalue weighted by Crippen LogP contribution is -2.46. The second-order valence-corrected chi connectivity index (χ2v) is 8.48. The molecule has 0 bridgehead atoms. The minimum atomic E-state index is -0.887. The van der Waals surface area contributed by atoms with Crippen molar-refractivity contribution in [3.8, 4) is 11.5 Å². The number of hydrogen-bond donors (Lipinski definition) is 0. The largest absolute Gasteiger partial charge is 0.497 e. The van der Waals surface area contributed by atoms with Crippen molar-refractivity contribution in [3.05, 3.63) is 23.8 Å². The van der Waals surface area contributed by atoms with Gasteiger partial charge in [0.2, 0.25) is 0 Å². The normalized spacial score (nSPS) is 23.8. The first-order valence-corrected chi connectivity index (χ1v) is 10.3. The fourth-order valence-electron chi connectivity index (χ4n) is 3.70. The van der Waals surface area contributed by atoms with Gasteiger partial charge in [0.25, 0.3) is 0 Å². The second-order valence-electron chi connectivity index (χ2n) is 8.48. The number of methoxy groups -OCH3 is 2. The van der Waals surface area contributed by atoms with Crippen LogP contribution in [0.1, 0.15) is 52.3 Å². The van der Waals surface area contributed by atoms with Gasteiger partial charge in [0.05, 0.1) is 26.9 Å². The van der Waals surface area contributed by atoms with Gasteiger partial charge in [0, 0.05) is 11.6 Å². The van der Waals surface area contributed by atoms with Gasteiger partial charge in [-0.25, -0.2) is 9.59 Å². The highest BCUT2D eigenvalue weighted by atomic mass is 16.6. The van der Waals surface area contributed by atoms with Crippen molar-refractivity contribution in [2.45, 2.75) is 64.5 Å². The molecule has 30 heavy (non-hydrogen) atoms. The lowest BCUT2D eigenvalue weighted by Gasteiger charge is -2.32. The molecule has 1 heterocycles. The Balaban J connectivity index is 2.04. The molecule has 1 amide bonds. The van der Waals surface area contributed by atoms with Crippen LogP contribution in [-0.2, 0) is 19.0 Å². The van der Waals surface area contributed by atoms with E-state index >= 15 is 0 Å².